The van der Waals surface area contributed by atoms with E-state index in [1.165, 1.54) is 23.0 Å². The normalized spacial score (nSPS) is 11.2. The third kappa shape index (κ3) is 3.78. The molecule has 0 radical (unpaired) electrons. The molecule has 0 aliphatic carbocycles. The lowest BCUT2D eigenvalue weighted by atomic mass is 10.2. The molecule has 0 atom stereocenters. The standard InChI is InChI=1S/C15H8Cl3N5O2S/c16-9-2-3-10(12(18)6-9)14-20-21-15(26)22(14)19-7-8-1-4-11(17)13(5-8)23(24)25/h1-7H,(H,21,26)/b19-7-. The van der Waals surface area contributed by atoms with Crippen molar-refractivity contribution in [2.75, 3.05) is 0 Å². The van der Waals surface area contributed by atoms with Gasteiger partial charge in [0.1, 0.15) is 5.02 Å². The van der Waals surface area contributed by atoms with E-state index < -0.39 is 4.92 Å². The van der Waals surface area contributed by atoms with Crippen LogP contribution < -0.4 is 0 Å². The molecule has 0 aliphatic heterocycles. The highest BCUT2D eigenvalue weighted by Gasteiger charge is 2.14. The predicted molar refractivity (Wildman–Crippen MR) is 104 cm³/mol. The van der Waals surface area contributed by atoms with Gasteiger partial charge in [-0.2, -0.15) is 14.9 Å². The molecular formula is C15H8Cl3N5O2S. The number of aromatic nitrogens is 3. The van der Waals surface area contributed by atoms with E-state index in [1.54, 1.807) is 24.3 Å². The van der Waals surface area contributed by atoms with Crippen molar-refractivity contribution in [1.82, 2.24) is 14.9 Å². The molecule has 0 saturated carbocycles. The second-order valence-corrected chi connectivity index (χ2v) is 6.64. The summed E-state index contributed by atoms with van der Waals surface area (Å²) in [6.07, 6.45) is 1.40. The molecule has 11 heteroatoms. The molecule has 3 aromatic rings. The first-order valence-electron chi connectivity index (χ1n) is 6.98. The van der Waals surface area contributed by atoms with Gasteiger partial charge in [-0.15, -0.1) is 0 Å². The van der Waals surface area contributed by atoms with Crippen LogP contribution in [0.15, 0.2) is 41.5 Å². The number of H-pyrrole nitrogens is 1. The van der Waals surface area contributed by atoms with Crippen LogP contribution in [-0.2, 0) is 0 Å². The number of aromatic amines is 1. The number of hydrogen-bond donors (Lipinski definition) is 1. The van der Waals surface area contributed by atoms with E-state index in [0.29, 0.717) is 27.0 Å². The Morgan fingerprint density at radius 2 is 1.96 bits per heavy atom. The fourth-order valence-corrected chi connectivity index (χ4v) is 2.98. The first-order valence-corrected chi connectivity index (χ1v) is 8.52. The highest BCUT2D eigenvalue weighted by atomic mass is 35.5. The monoisotopic (exact) mass is 427 g/mol. The molecule has 0 aliphatic rings. The SMILES string of the molecule is O=[N+]([O-])c1cc(/C=N\n2c(-c3ccc(Cl)cc3Cl)n[nH]c2=S)ccc1Cl. The number of hydrogen-bond acceptors (Lipinski definition) is 5. The molecule has 7 nitrogen and oxygen atoms in total. The second-order valence-electron chi connectivity index (χ2n) is 5.00. The second kappa shape index (κ2) is 7.55. The number of nitro benzene ring substituents is 1. The third-order valence-corrected chi connectivity index (χ3v) is 4.44. The molecule has 1 N–H and O–H groups in total. The van der Waals surface area contributed by atoms with Crippen LogP contribution >= 0.6 is 47.0 Å². The molecule has 0 amide bonds. The molecule has 0 unspecified atom stereocenters. The number of benzene rings is 2. The summed E-state index contributed by atoms with van der Waals surface area (Å²) in [5, 5.41) is 22.9. The zero-order valence-electron chi connectivity index (χ0n) is 12.7. The maximum Gasteiger partial charge on any atom is 0.288 e. The Labute approximate surface area is 167 Å². The van der Waals surface area contributed by atoms with Crippen LogP contribution in [0.1, 0.15) is 5.56 Å². The molecule has 26 heavy (non-hydrogen) atoms. The van der Waals surface area contributed by atoms with Gasteiger partial charge in [0.05, 0.1) is 16.2 Å². The zero-order chi connectivity index (χ0) is 18.8. The lowest BCUT2D eigenvalue weighted by Crippen LogP contribution is -1.96. The van der Waals surface area contributed by atoms with Crippen molar-refractivity contribution < 1.29 is 4.92 Å². The van der Waals surface area contributed by atoms with Gasteiger partial charge in [-0.25, -0.2) is 5.10 Å². The Morgan fingerprint density at radius 3 is 2.65 bits per heavy atom. The largest absolute Gasteiger partial charge is 0.288 e. The first kappa shape index (κ1) is 18.5. The molecule has 3 rings (SSSR count). The summed E-state index contributed by atoms with van der Waals surface area (Å²) in [5.41, 5.74) is 0.826. The Kier molecular flexibility index (Phi) is 5.38. The summed E-state index contributed by atoms with van der Waals surface area (Å²) >= 11 is 23.1. The van der Waals surface area contributed by atoms with Gasteiger partial charge in [-0.05, 0) is 36.5 Å². The van der Waals surface area contributed by atoms with Crippen LogP contribution in [0.2, 0.25) is 15.1 Å². The number of nitrogens with zero attached hydrogens (tertiary/aromatic N) is 4. The molecule has 0 bridgehead atoms. The van der Waals surface area contributed by atoms with E-state index >= 15 is 0 Å². The Balaban J connectivity index is 2.03. The van der Waals surface area contributed by atoms with E-state index in [2.05, 4.69) is 15.3 Å². The van der Waals surface area contributed by atoms with E-state index in [1.807, 2.05) is 0 Å². The zero-order valence-corrected chi connectivity index (χ0v) is 15.8. The fraction of sp³-hybridized carbons (Fsp3) is 0. The number of halogens is 3. The van der Waals surface area contributed by atoms with E-state index in [4.69, 9.17) is 47.0 Å². The average molecular weight is 429 g/mol. The number of nitrogens with one attached hydrogen (secondary N) is 1. The van der Waals surface area contributed by atoms with Crippen molar-refractivity contribution in [3.63, 3.8) is 0 Å². The lowest BCUT2D eigenvalue weighted by molar-refractivity contribution is -0.384. The average Bonchev–Trinajstić information content (AvgIpc) is 2.94. The van der Waals surface area contributed by atoms with Gasteiger partial charge in [-0.3, -0.25) is 10.1 Å². The van der Waals surface area contributed by atoms with Crippen LogP contribution in [0.4, 0.5) is 5.69 Å². The van der Waals surface area contributed by atoms with Gasteiger partial charge in [-0.1, -0.05) is 40.9 Å². The quantitative estimate of drug-likeness (QED) is 0.262. The van der Waals surface area contributed by atoms with Gasteiger partial charge in [0.15, 0.2) is 5.82 Å². The molecule has 0 saturated heterocycles. The van der Waals surface area contributed by atoms with E-state index in [9.17, 15) is 10.1 Å². The van der Waals surface area contributed by atoms with Crippen molar-refractivity contribution in [3.05, 3.63) is 71.9 Å². The Bertz CT molecular complexity index is 1090. The third-order valence-electron chi connectivity index (χ3n) is 3.31. The van der Waals surface area contributed by atoms with Gasteiger partial charge in [0.2, 0.25) is 4.77 Å². The van der Waals surface area contributed by atoms with Crippen molar-refractivity contribution in [3.8, 4) is 11.4 Å². The maximum absolute atomic E-state index is 11.0. The molecule has 1 heterocycles. The van der Waals surface area contributed by atoms with Crippen LogP contribution in [0.5, 0.6) is 0 Å². The van der Waals surface area contributed by atoms with Gasteiger partial charge < -0.3 is 0 Å². The summed E-state index contributed by atoms with van der Waals surface area (Å²) in [6, 6.07) is 9.26. The van der Waals surface area contributed by atoms with Gasteiger partial charge in [0, 0.05) is 22.2 Å². The van der Waals surface area contributed by atoms with Crippen molar-refractivity contribution in [2.45, 2.75) is 0 Å². The summed E-state index contributed by atoms with van der Waals surface area (Å²) in [4.78, 5) is 10.4. The molecule has 2 aromatic carbocycles. The maximum atomic E-state index is 11.0. The Hall–Kier alpha value is -2.26. The van der Waals surface area contributed by atoms with Crippen molar-refractivity contribution >= 4 is 58.9 Å². The van der Waals surface area contributed by atoms with Gasteiger partial charge >= 0.3 is 0 Å². The van der Waals surface area contributed by atoms with Crippen LogP contribution in [0.3, 0.4) is 0 Å². The molecule has 1 aromatic heterocycles. The van der Waals surface area contributed by atoms with Crippen molar-refractivity contribution in [2.24, 2.45) is 5.10 Å². The summed E-state index contributed by atoms with van der Waals surface area (Å²) in [7, 11) is 0. The fourth-order valence-electron chi connectivity index (χ4n) is 2.12. The minimum absolute atomic E-state index is 0.0423. The topological polar surface area (TPSA) is 89.1 Å². The molecular weight excluding hydrogens is 421 g/mol. The lowest BCUT2D eigenvalue weighted by Gasteiger charge is -2.04. The summed E-state index contributed by atoms with van der Waals surface area (Å²) in [5.74, 6) is 0.372. The molecule has 132 valence electrons. The van der Waals surface area contributed by atoms with E-state index in [-0.39, 0.29) is 15.5 Å². The molecule has 0 spiro atoms. The summed E-state index contributed by atoms with van der Waals surface area (Å²) in [6.45, 7) is 0. The van der Waals surface area contributed by atoms with Gasteiger partial charge in [0.25, 0.3) is 5.69 Å². The van der Waals surface area contributed by atoms with Crippen molar-refractivity contribution in [1.29, 1.82) is 0 Å². The highest BCUT2D eigenvalue weighted by Crippen LogP contribution is 2.29. The first-order chi connectivity index (χ1) is 12.4. The minimum Gasteiger partial charge on any atom is -0.258 e. The van der Waals surface area contributed by atoms with Crippen LogP contribution in [0.25, 0.3) is 11.4 Å². The minimum atomic E-state index is -0.567. The molecule has 0 fully saturated rings. The summed E-state index contributed by atoms with van der Waals surface area (Å²) < 4.78 is 1.58. The Morgan fingerprint density at radius 1 is 1.19 bits per heavy atom. The number of nitro groups is 1. The smallest absolute Gasteiger partial charge is 0.258 e. The van der Waals surface area contributed by atoms with Crippen LogP contribution in [-0.4, -0.2) is 26.0 Å². The highest BCUT2D eigenvalue weighted by molar-refractivity contribution is 7.71. The predicted octanol–water partition coefficient (Wildman–Crippen LogP) is 5.36. The van der Waals surface area contributed by atoms with E-state index in [0.717, 1.165) is 0 Å². The van der Waals surface area contributed by atoms with Crippen LogP contribution in [0, 0.1) is 14.9 Å². The number of rotatable bonds is 4.